The van der Waals surface area contributed by atoms with E-state index < -0.39 is 0 Å². The Morgan fingerprint density at radius 3 is 2.29 bits per heavy atom. The topological polar surface area (TPSA) is 64.7 Å². The molecule has 0 aromatic heterocycles. The molecule has 1 aliphatic heterocycles. The number of halogens is 1. The highest BCUT2D eigenvalue weighted by Gasteiger charge is 2.23. The molecule has 148 valence electrons. The smallest absolute Gasteiger partial charge is 0.317 e. The molecule has 0 bridgehead atoms. The highest BCUT2D eigenvalue weighted by molar-refractivity contribution is 5.92. The lowest BCUT2D eigenvalue weighted by atomic mass is 10.1. The Labute approximate surface area is 164 Å². The maximum atomic E-state index is 12.9. The average Bonchev–Trinajstić information content (AvgIpc) is 2.71. The lowest BCUT2D eigenvalue weighted by Gasteiger charge is -2.35. The van der Waals surface area contributed by atoms with Crippen LogP contribution in [0.15, 0.2) is 54.6 Å². The van der Waals surface area contributed by atoms with Gasteiger partial charge in [0.25, 0.3) is 0 Å². The Kier molecular flexibility index (Phi) is 6.60. The van der Waals surface area contributed by atoms with E-state index in [9.17, 15) is 14.0 Å². The van der Waals surface area contributed by atoms with Crippen LogP contribution < -0.4 is 10.6 Å². The van der Waals surface area contributed by atoms with Crippen molar-refractivity contribution < 1.29 is 14.0 Å². The van der Waals surface area contributed by atoms with Crippen molar-refractivity contribution in [2.75, 3.05) is 38.0 Å². The summed E-state index contributed by atoms with van der Waals surface area (Å²) in [6.07, 6.45) is 0. The maximum absolute atomic E-state index is 12.9. The summed E-state index contributed by atoms with van der Waals surface area (Å²) < 4.78 is 12.9. The summed E-state index contributed by atoms with van der Waals surface area (Å²) in [6, 6.07) is 15.4. The van der Waals surface area contributed by atoms with Gasteiger partial charge in [0.1, 0.15) is 5.82 Å². The summed E-state index contributed by atoms with van der Waals surface area (Å²) in [7, 11) is 0. The first-order valence-electron chi connectivity index (χ1n) is 9.39. The fourth-order valence-electron chi connectivity index (χ4n) is 3.15. The molecule has 7 heteroatoms. The van der Waals surface area contributed by atoms with Crippen LogP contribution in [-0.2, 0) is 4.79 Å². The number of rotatable bonds is 5. The molecule has 0 radical (unpaired) electrons. The van der Waals surface area contributed by atoms with Crippen molar-refractivity contribution in [3.05, 3.63) is 66.0 Å². The van der Waals surface area contributed by atoms with Crippen molar-refractivity contribution in [1.29, 1.82) is 0 Å². The van der Waals surface area contributed by atoms with Gasteiger partial charge < -0.3 is 15.5 Å². The molecular weight excluding hydrogens is 359 g/mol. The Hall–Kier alpha value is -2.93. The Balaban J connectivity index is 1.41. The summed E-state index contributed by atoms with van der Waals surface area (Å²) in [5.74, 6) is -0.490. The zero-order valence-corrected chi connectivity index (χ0v) is 15.9. The summed E-state index contributed by atoms with van der Waals surface area (Å²) in [5.41, 5.74) is 1.63. The van der Waals surface area contributed by atoms with Crippen LogP contribution in [0.2, 0.25) is 0 Å². The van der Waals surface area contributed by atoms with Gasteiger partial charge in [0.2, 0.25) is 5.91 Å². The minimum absolute atomic E-state index is 0.0618. The van der Waals surface area contributed by atoms with Crippen molar-refractivity contribution in [3.63, 3.8) is 0 Å². The molecule has 3 amide bonds. The third kappa shape index (κ3) is 5.53. The lowest BCUT2D eigenvalue weighted by molar-refractivity contribution is -0.117. The zero-order valence-electron chi connectivity index (χ0n) is 15.9. The van der Waals surface area contributed by atoms with Crippen molar-refractivity contribution in [1.82, 2.24) is 15.1 Å². The number of hydrogen-bond donors (Lipinski definition) is 2. The first kappa shape index (κ1) is 19.8. The predicted octanol–water partition coefficient (Wildman–Crippen LogP) is 2.85. The number of urea groups is 1. The molecule has 2 aromatic rings. The van der Waals surface area contributed by atoms with Gasteiger partial charge in [-0.15, -0.1) is 0 Å². The molecule has 1 heterocycles. The summed E-state index contributed by atoms with van der Waals surface area (Å²) >= 11 is 0. The van der Waals surface area contributed by atoms with Crippen LogP contribution >= 0.6 is 0 Å². The number of carbonyl (C=O) groups is 2. The molecule has 0 spiro atoms. The van der Waals surface area contributed by atoms with Gasteiger partial charge in [-0.1, -0.05) is 30.3 Å². The fraction of sp³-hybridized carbons (Fsp3) is 0.333. The Morgan fingerprint density at radius 1 is 1.00 bits per heavy atom. The van der Waals surface area contributed by atoms with E-state index in [1.807, 2.05) is 42.2 Å². The zero-order chi connectivity index (χ0) is 19.9. The molecular formula is C21H25FN4O2. The standard InChI is InChI=1S/C21H25FN4O2/c1-16(17-5-3-2-4-6-17)23-21(28)26-13-11-25(12-14-26)15-20(27)24-19-9-7-18(22)8-10-19/h2-10,16H,11-15H2,1H3,(H,23,28)(H,24,27)/t16-/m0/s1. The van der Waals surface area contributed by atoms with Gasteiger partial charge in [0.15, 0.2) is 0 Å². The van der Waals surface area contributed by atoms with Gasteiger partial charge in [-0.3, -0.25) is 9.69 Å². The first-order chi connectivity index (χ1) is 13.5. The largest absolute Gasteiger partial charge is 0.331 e. The quantitative estimate of drug-likeness (QED) is 0.833. The van der Waals surface area contributed by atoms with E-state index in [0.29, 0.717) is 31.9 Å². The predicted molar refractivity (Wildman–Crippen MR) is 106 cm³/mol. The Bertz CT molecular complexity index is 790. The molecule has 0 saturated carbocycles. The molecule has 3 rings (SSSR count). The van der Waals surface area contributed by atoms with Gasteiger partial charge in [-0.05, 0) is 36.8 Å². The van der Waals surface area contributed by atoms with Crippen LogP contribution in [0, 0.1) is 5.82 Å². The van der Waals surface area contributed by atoms with Crippen LogP contribution in [-0.4, -0.2) is 54.5 Å². The molecule has 2 aromatic carbocycles. The maximum Gasteiger partial charge on any atom is 0.317 e. The van der Waals surface area contributed by atoms with Gasteiger partial charge in [0, 0.05) is 31.9 Å². The number of carbonyl (C=O) groups excluding carboxylic acids is 2. The number of anilines is 1. The Morgan fingerprint density at radius 2 is 1.64 bits per heavy atom. The van der Waals surface area contributed by atoms with Crippen LogP contribution in [0.5, 0.6) is 0 Å². The number of nitrogens with zero attached hydrogens (tertiary/aromatic N) is 2. The van der Waals surface area contributed by atoms with E-state index in [-0.39, 0.29) is 30.3 Å². The van der Waals surface area contributed by atoms with E-state index >= 15 is 0 Å². The molecule has 1 aliphatic rings. The highest BCUT2D eigenvalue weighted by Crippen LogP contribution is 2.13. The second-order valence-electron chi connectivity index (χ2n) is 6.90. The average molecular weight is 384 g/mol. The van der Waals surface area contributed by atoms with Crippen LogP contribution in [0.4, 0.5) is 14.9 Å². The van der Waals surface area contributed by atoms with E-state index in [1.165, 1.54) is 24.3 Å². The number of benzene rings is 2. The summed E-state index contributed by atoms with van der Waals surface area (Å²) in [5, 5.41) is 5.77. The van der Waals surface area contributed by atoms with E-state index in [1.54, 1.807) is 4.90 Å². The van der Waals surface area contributed by atoms with Crippen molar-refractivity contribution in [2.24, 2.45) is 0 Å². The molecule has 0 unspecified atom stereocenters. The van der Waals surface area contributed by atoms with E-state index in [2.05, 4.69) is 10.6 Å². The number of piperazine rings is 1. The molecule has 1 fully saturated rings. The third-order valence-corrected chi connectivity index (χ3v) is 4.79. The van der Waals surface area contributed by atoms with Gasteiger partial charge in [0.05, 0.1) is 12.6 Å². The second-order valence-corrected chi connectivity index (χ2v) is 6.90. The summed E-state index contributed by atoms with van der Waals surface area (Å²) in [4.78, 5) is 28.4. The number of amides is 3. The minimum Gasteiger partial charge on any atom is -0.331 e. The minimum atomic E-state index is -0.339. The van der Waals surface area contributed by atoms with Crippen molar-refractivity contribution in [2.45, 2.75) is 13.0 Å². The number of hydrogen-bond acceptors (Lipinski definition) is 3. The molecule has 6 nitrogen and oxygen atoms in total. The molecule has 28 heavy (non-hydrogen) atoms. The summed E-state index contributed by atoms with van der Waals surface area (Å²) in [6.45, 7) is 4.60. The molecule has 1 saturated heterocycles. The van der Waals surface area contributed by atoms with E-state index in [4.69, 9.17) is 0 Å². The normalized spacial score (nSPS) is 15.7. The first-order valence-corrected chi connectivity index (χ1v) is 9.39. The lowest BCUT2D eigenvalue weighted by Crippen LogP contribution is -2.53. The molecule has 0 aliphatic carbocycles. The van der Waals surface area contributed by atoms with Crippen LogP contribution in [0.25, 0.3) is 0 Å². The molecule has 1 atom stereocenters. The number of nitrogens with one attached hydrogen (secondary N) is 2. The monoisotopic (exact) mass is 384 g/mol. The second kappa shape index (κ2) is 9.32. The molecule has 2 N–H and O–H groups in total. The van der Waals surface area contributed by atoms with Gasteiger partial charge in [-0.25, -0.2) is 9.18 Å². The third-order valence-electron chi connectivity index (χ3n) is 4.79. The van der Waals surface area contributed by atoms with E-state index in [0.717, 1.165) is 5.56 Å². The van der Waals surface area contributed by atoms with Crippen LogP contribution in [0.1, 0.15) is 18.5 Å². The van der Waals surface area contributed by atoms with Crippen molar-refractivity contribution in [3.8, 4) is 0 Å². The van der Waals surface area contributed by atoms with Crippen LogP contribution in [0.3, 0.4) is 0 Å². The SMILES string of the molecule is C[C@H](NC(=O)N1CCN(CC(=O)Nc2ccc(F)cc2)CC1)c1ccccc1. The van der Waals surface area contributed by atoms with Gasteiger partial charge >= 0.3 is 6.03 Å². The van der Waals surface area contributed by atoms with Gasteiger partial charge in [-0.2, -0.15) is 0 Å². The van der Waals surface area contributed by atoms with Crippen molar-refractivity contribution >= 4 is 17.6 Å². The highest BCUT2D eigenvalue weighted by atomic mass is 19.1. The fourth-order valence-corrected chi connectivity index (χ4v) is 3.15.